The number of aromatic nitrogens is 3. The Bertz CT molecular complexity index is 3000. The minimum absolute atomic E-state index is 0.542. The fourth-order valence-corrected chi connectivity index (χ4v) is 8.79. The number of benzene rings is 8. The molecule has 0 atom stereocenters. The van der Waals surface area contributed by atoms with Crippen LogP contribution < -0.4 is 0 Å². The summed E-state index contributed by atoms with van der Waals surface area (Å²) >= 11 is 0. The molecule has 0 N–H and O–H groups in total. The smallest absolute Gasteiger partial charge is 0.165 e. The van der Waals surface area contributed by atoms with Gasteiger partial charge in [-0.2, -0.15) is 0 Å². The van der Waals surface area contributed by atoms with Gasteiger partial charge < -0.3 is 4.42 Å². The number of para-hydroxylation sites is 1. The zero-order chi connectivity index (χ0) is 35.6. The lowest BCUT2D eigenvalue weighted by atomic mass is 9.67. The summed E-state index contributed by atoms with van der Waals surface area (Å²) in [6.45, 7) is 0. The first kappa shape index (κ1) is 30.5. The predicted molar refractivity (Wildman–Crippen MR) is 218 cm³/mol. The van der Waals surface area contributed by atoms with Crippen molar-refractivity contribution in [3.05, 3.63) is 210 Å². The van der Waals surface area contributed by atoms with E-state index in [4.69, 9.17) is 19.4 Å². The summed E-state index contributed by atoms with van der Waals surface area (Å²) in [6, 6.07) is 66.1. The summed E-state index contributed by atoms with van der Waals surface area (Å²) in [5, 5.41) is 4.15. The van der Waals surface area contributed by atoms with E-state index in [1.54, 1.807) is 0 Å². The van der Waals surface area contributed by atoms with Gasteiger partial charge in [-0.05, 0) is 56.3 Å². The average Bonchev–Trinajstić information content (AvgIpc) is 3.77. The zero-order valence-corrected chi connectivity index (χ0v) is 29.1. The van der Waals surface area contributed by atoms with Crippen LogP contribution >= 0.6 is 0 Å². The molecule has 0 fully saturated rings. The van der Waals surface area contributed by atoms with Crippen molar-refractivity contribution in [2.45, 2.75) is 5.41 Å². The van der Waals surface area contributed by atoms with Gasteiger partial charge in [0, 0.05) is 27.5 Å². The third-order valence-electron chi connectivity index (χ3n) is 11.0. The number of rotatable bonds is 5. The highest BCUT2D eigenvalue weighted by Crippen LogP contribution is 2.58. The number of hydrogen-bond donors (Lipinski definition) is 0. The second-order valence-electron chi connectivity index (χ2n) is 13.9. The molecule has 0 spiro atoms. The molecular formula is C50H31N3O. The summed E-state index contributed by atoms with van der Waals surface area (Å²) in [5.41, 5.74) is 11.1. The van der Waals surface area contributed by atoms with E-state index >= 15 is 0 Å². The Morgan fingerprint density at radius 2 is 0.963 bits per heavy atom. The molecule has 0 bridgehead atoms. The third kappa shape index (κ3) is 4.40. The minimum atomic E-state index is -0.542. The van der Waals surface area contributed by atoms with Gasteiger partial charge in [-0.1, -0.05) is 176 Å². The monoisotopic (exact) mass is 689 g/mol. The molecule has 252 valence electrons. The van der Waals surface area contributed by atoms with Gasteiger partial charge in [0.2, 0.25) is 0 Å². The Labute approximate surface area is 312 Å². The summed E-state index contributed by atoms with van der Waals surface area (Å²) in [6.07, 6.45) is 0. The second kappa shape index (κ2) is 11.9. The standard InChI is InChI=1S/C50H31N3O/c1-4-17-32(18-5-1)47-51-48(53-49(52-47)46-36-24-11-10-19-33(36)31-43-45(46)38-26-13-15-30-42(38)54-43)39-27-16-29-41-44(39)37-25-12-14-28-40(37)50(41,34-20-6-2-7-21-34)35-22-8-3-9-23-35/h1-31H. The van der Waals surface area contributed by atoms with Crippen LogP contribution in [-0.4, -0.2) is 15.0 Å². The number of furan rings is 1. The van der Waals surface area contributed by atoms with Crippen LogP contribution in [0.2, 0.25) is 0 Å². The van der Waals surface area contributed by atoms with Crippen molar-refractivity contribution in [1.82, 2.24) is 15.0 Å². The molecule has 2 heterocycles. The highest BCUT2D eigenvalue weighted by atomic mass is 16.3. The first-order chi connectivity index (χ1) is 26.8. The Morgan fingerprint density at radius 1 is 0.389 bits per heavy atom. The van der Waals surface area contributed by atoms with Crippen molar-refractivity contribution >= 4 is 32.7 Å². The van der Waals surface area contributed by atoms with E-state index < -0.39 is 5.41 Å². The molecule has 0 amide bonds. The van der Waals surface area contributed by atoms with Crippen molar-refractivity contribution < 1.29 is 4.42 Å². The minimum Gasteiger partial charge on any atom is -0.456 e. The highest BCUT2D eigenvalue weighted by Gasteiger charge is 2.47. The topological polar surface area (TPSA) is 51.8 Å². The molecule has 2 aromatic heterocycles. The predicted octanol–water partition coefficient (Wildman–Crippen LogP) is 12.3. The van der Waals surface area contributed by atoms with Crippen LogP contribution in [0.3, 0.4) is 0 Å². The van der Waals surface area contributed by atoms with Gasteiger partial charge >= 0.3 is 0 Å². The second-order valence-corrected chi connectivity index (χ2v) is 13.9. The molecule has 0 radical (unpaired) electrons. The molecular weight excluding hydrogens is 659 g/mol. The first-order valence-electron chi connectivity index (χ1n) is 18.3. The summed E-state index contributed by atoms with van der Waals surface area (Å²) in [7, 11) is 0. The first-order valence-corrected chi connectivity index (χ1v) is 18.3. The van der Waals surface area contributed by atoms with Crippen molar-refractivity contribution in [3.8, 4) is 45.3 Å². The van der Waals surface area contributed by atoms with Crippen molar-refractivity contribution in [1.29, 1.82) is 0 Å². The molecule has 54 heavy (non-hydrogen) atoms. The molecule has 8 aromatic carbocycles. The Hall–Kier alpha value is -7.17. The maximum absolute atomic E-state index is 6.49. The van der Waals surface area contributed by atoms with Crippen LogP contribution in [0, 0.1) is 0 Å². The maximum Gasteiger partial charge on any atom is 0.165 e. The molecule has 4 nitrogen and oxygen atoms in total. The lowest BCUT2D eigenvalue weighted by Gasteiger charge is -2.33. The van der Waals surface area contributed by atoms with E-state index in [2.05, 4.69) is 158 Å². The van der Waals surface area contributed by atoms with Crippen LogP contribution in [0.15, 0.2) is 192 Å². The van der Waals surface area contributed by atoms with Crippen LogP contribution in [0.4, 0.5) is 0 Å². The molecule has 11 rings (SSSR count). The van der Waals surface area contributed by atoms with Gasteiger partial charge in [0.1, 0.15) is 11.2 Å². The van der Waals surface area contributed by atoms with Crippen LogP contribution in [0.1, 0.15) is 22.3 Å². The lowest BCUT2D eigenvalue weighted by Crippen LogP contribution is -2.28. The van der Waals surface area contributed by atoms with Gasteiger partial charge in [0.15, 0.2) is 17.5 Å². The van der Waals surface area contributed by atoms with E-state index in [0.29, 0.717) is 17.5 Å². The summed E-state index contributed by atoms with van der Waals surface area (Å²) < 4.78 is 6.49. The van der Waals surface area contributed by atoms with Gasteiger partial charge in [-0.15, -0.1) is 0 Å². The Balaban J connectivity index is 1.26. The molecule has 10 aromatic rings. The molecule has 0 unspecified atom stereocenters. The average molecular weight is 690 g/mol. The largest absolute Gasteiger partial charge is 0.456 e. The van der Waals surface area contributed by atoms with Crippen molar-refractivity contribution in [2.75, 3.05) is 0 Å². The zero-order valence-electron chi connectivity index (χ0n) is 29.1. The highest BCUT2D eigenvalue weighted by molar-refractivity contribution is 6.20. The number of nitrogens with zero attached hydrogens (tertiary/aromatic N) is 3. The quantitative estimate of drug-likeness (QED) is 0.180. The summed E-state index contributed by atoms with van der Waals surface area (Å²) in [4.78, 5) is 16.1. The normalized spacial score (nSPS) is 13.0. The molecule has 0 aliphatic heterocycles. The lowest BCUT2D eigenvalue weighted by molar-refractivity contribution is 0.669. The fraction of sp³-hybridized carbons (Fsp3) is 0.0200. The van der Waals surface area contributed by atoms with Crippen molar-refractivity contribution in [2.24, 2.45) is 0 Å². The Kier molecular flexibility index (Phi) is 6.73. The van der Waals surface area contributed by atoms with E-state index in [1.807, 2.05) is 30.3 Å². The third-order valence-corrected chi connectivity index (χ3v) is 11.0. The van der Waals surface area contributed by atoms with E-state index in [1.165, 1.54) is 27.8 Å². The van der Waals surface area contributed by atoms with Crippen molar-refractivity contribution in [3.63, 3.8) is 0 Å². The number of hydrogen-bond acceptors (Lipinski definition) is 4. The van der Waals surface area contributed by atoms with Gasteiger partial charge in [-0.25, -0.2) is 15.0 Å². The summed E-state index contributed by atoms with van der Waals surface area (Å²) in [5.74, 6) is 1.84. The van der Waals surface area contributed by atoms with E-state index in [0.717, 1.165) is 55.0 Å². The Morgan fingerprint density at radius 3 is 1.74 bits per heavy atom. The van der Waals surface area contributed by atoms with Crippen LogP contribution in [-0.2, 0) is 5.41 Å². The molecule has 1 aliphatic rings. The van der Waals surface area contributed by atoms with Crippen LogP contribution in [0.25, 0.3) is 78.0 Å². The fourth-order valence-electron chi connectivity index (χ4n) is 8.79. The van der Waals surface area contributed by atoms with E-state index in [9.17, 15) is 0 Å². The maximum atomic E-state index is 6.49. The number of fused-ring (bicyclic) bond motifs is 7. The van der Waals surface area contributed by atoms with E-state index in [-0.39, 0.29) is 0 Å². The molecule has 0 saturated carbocycles. The molecule has 1 aliphatic carbocycles. The van der Waals surface area contributed by atoms with Gasteiger partial charge in [0.25, 0.3) is 0 Å². The molecule has 4 heteroatoms. The van der Waals surface area contributed by atoms with Gasteiger partial charge in [0.05, 0.1) is 5.41 Å². The SMILES string of the molecule is c1ccc(-c2nc(-c3cccc4c3-c3ccccc3C4(c3ccccc3)c3ccccc3)nc(-c3c4ccccc4cc4oc5ccccc5c34)n2)cc1. The van der Waals surface area contributed by atoms with Crippen LogP contribution in [0.5, 0.6) is 0 Å². The van der Waals surface area contributed by atoms with Gasteiger partial charge in [-0.3, -0.25) is 0 Å². The molecule has 0 saturated heterocycles.